The summed E-state index contributed by atoms with van der Waals surface area (Å²) in [7, 11) is 0. The van der Waals surface area contributed by atoms with Crippen molar-refractivity contribution in [2.75, 3.05) is 0 Å². The van der Waals surface area contributed by atoms with Gasteiger partial charge in [0.1, 0.15) is 11.2 Å². The van der Waals surface area contributed by atoms with Crippen LogP contribution in [0.15, 0.2) is 18.2 Å². The van der Waals surface area contributed by atoms with Crippen molar-refractivity contribution in [1.29, 1.82) is 0 Å². The maximum absolute atomic E-state index is 13.1. The highest BCUT2D eigenvalue weighted by Gasteiger charge is 2.57. The molecule has 3 rings (SSSR count). The van der Waals surface area contributed by atoms with E-state index in [9.17, 15) is 14.0 Å². The highest BCUT2D eigenvalue weighted by atomic mass is 19.1. The molecule has 1 amide bonds. The summed E-state index contributed by atoms with van der Waals surface area (Å²) in [6.07, 6.45) is 2.20. The molecule has 0 saturated heterocycles. The second-order valence-electron chi connectivity index (χ2n) is 5.30. The third-order valence-electron chi connectivity index (χ3n) is 4.08. The smallest absolute Gasteiger partial charge is 0.319 e. The molecule has 0 heterocycles. The largest absolute Gasteiger partial charge is 0.480 e. The van der Waals surface area contributed by atoms with E-state index in [1.54, 1.807) is 6.07 Å². The molecule has 0 bridgehead atoms. The number of aryl methyl sites for hydroxylation is 1. The van der Waals surface area contributed by atoms with Crippen LogP contribution in [0.25, 0.3) is 0 Å². The summed E-state index contributed by atoms with van der Waals surface area (Å²) in [4.78, 5) is 23.1. The molecule has 4 nitrogen and oxygen atoms in total. The van der Waals surface area contributed by atoms with E-state index in [1.807, 2.05) is 0 Å². The van der Waals surface area contributed by atoms with Gasteiger partial charge in [0.15, 0.2) is 0 Å². The van der Waals surface area contributed by atoms with E-state index in [0.717, 1.165) is 11.1 Å². The zero-order chi connectivity index (χ0) is 13.6. The molecule has 2 N–H and O–H groups in total. The zero-order valence-corrected chi connectivity index (χ0v) is 10.3. The number of carbonyl (C=O) groups is 2. The Balaban J connectivity index is 1.77. The molecule has 0 spiro atoms. The monoisotopic (exact) mass is 263 g/mol. The van der Waals surface area contributed by atoms with E-state index in [2.05, 4.69) is 5.32 Å². The number of amides is 1. The lowest BCUT2D eigenvalue weighted by atomic mass is 10.0. The summed E-state index contributed by atoms with van der Waals surface area (Å²) in [6.45, 7) is 0. The fourth-order valence-corrected chi connectivity index (χ4v) is 2.70. The van der Waals surface area contributed by atoms with Gasteiger partial charge in [-0.15, -0.1) is 0 Å². The van der Waals surface area contributed by atoms with Crippen molar-refractivity contribution in [2.24, 2.45) is 5.41 Å². The predicted octanol–water partition coefficient (Wildman–Crippen LogP) is 1.79. The van der Waals surface area contributed by atoms with Gasteiger partial charge in [-0.2, -0.15) is 0 Å². The second-order valence-corrected chi connectivity index (χ2v) is 5.30. The van der Waals surface area contributed by atoms with Gasteiger partial charge < -0.3 is 10.4 Å². The van der Waals surface area contributed by atoms with Crippen LogP contribution < -0.4 is 5.32 Å². The summed E-state index contributed by atoms with van der Waals surface area (Å²) in [6, 6.07) is 4.32. The molecule has 1 atom stereocenters. The molecule has 1 fully saturated rings. The molecule has 1 aromatic rings. The minimum atomic E-state index is -1.22. The topological polar surface area (TPSA) is 66.4 Å². The SMILES string of the molecule is O=C(O)C1(C(=O)NC2CCc3cc(F)ccc32)CC1. The van der Waals surface area contributed by atoms with E-state index in [0.29, 0.717) is 25.7 Å². The van der Waals surface area contributed by atoms with E-state index in [4.69, 9.17) is 5.11 Å². The van der Waals surface area contributed by atoms with Crippen LogP contribution in [0, 0.1) is 11.2 Å². The number of benzene rings is 1. The Labute approximate surface area is 109 Å². The number of halogens is 1. The first-order valence-corrected chi connectivity index (χ1v) is 6.36. The molecule has 5 heteroatoms. The van der Waals surface area contributed by atoms with Gasteiger partial charge in [-0.1, -0.05) is 6.07 Å². The van der Waals surface area contributed by atoms with Crippen LogP contribution in [-0.2, 0) is 16.0 Å². The van der Waals surface area contributed by atoms with Crippen LogP contribution in [0.2, 0.25) is 0 Å². The zero-order valence-electron chi connectivity index (χ0n) is 10.3. The lowest BCUT2D eigenvalue weighted by Gasteiger charge is -2.17. The lowest BCUT2D eigenvalue weighted by Crippen LogP contribution is -2.38. The third kappa shape index (κ3) is 1.89. The molecule has 0 radical (unpaired) electrons. The van der Waals surface area contributed by atoms with Crippen molar-refractivity contribution in [2.45, 2.75) is 31.7 Å². The van der Waals surface area contributed by atoms with Gasteiger partial charge in [0.05, 0.1) is 6.04 Å². The van der Waals surface area contributed by atoms with Crippen LogP contribution in [0.4, 0.5) is 4.39 Å². The summed E-state index contributed by atoms with van der Waals surface area (Å²) in [5, 5.41) is 11.9. The fraction of sp³-hybridized carbons (Fsp3) is 0.429. The van der Waals surface area contributed by atoms with Gasteiger partial charge in [-0.3, -0.25) is 9.59 Å². The van der Waals surface area contributed by atoms with Crippen LogP contribution in [0.5, 0.6) is 0 Å². The molecular weight excluding hydrogens is 249 g/mol. The number of rotatable bonds is 3. The van der Waals surface area contributed by atoms with Crippen molar-refractivity contribution < 1.29 is 19.1 Å². The Morgan fingerprint density at radius 3 is 2.74 bits per heavy atom. The van der Waals surface area contributed by atoms with E-state index in [1.165, 1.54) is 12.1 Å². The number of hydrogen-bond acceptors (Lipinski definition) is 2. The molecule has 19 heavy (non-hydrogen) atoms. The number of carboxylic acids is 1. The highest BCUT2D eigenvalue weighted by Crippen LogP contribution is 2.47. The van der Waals surface area contributed by atoms with Gasteiger partial charge in [0.2, 0.25) is 5.91 Å². The highest BCUT2D eigenvalue weighted by molar-refractivity contribution is 6.05. The average molecular weight is 263 g/mol. The van der Waals surface area contributed by atoms with Gasteiger partial charge in [0, 0.05) is 0 Å². The third-order valence-corrected chi connectivity index (χ3v) is 4.08. The maximum atomic E-state index is 13.1. The van der Waals surface area contributed by atoms with Crippen LogP contribution in [-0.4, -0.2) is 17.0 Å². The van der Waals surface area contributed by atoms with Crippen LogP contribution in [0.1, 0.15) is 36.4 Å². The second kappa shape index (κ2) is 4.05. The molecule has 1 saturated carbocycles. The van der Waals surface area contributed by atoms with Crippen LogP contribution >= 0.6 is 0 Å². The quantitative estimate of drug-likeness (QED) is 0.817. The number of carboxylic acid groups (broad SMARTS) is 1. The van der Waals surface area contributed by atoms with Gasteiger partial charge in [-0.25, -0.2) is 4.39 Å². The van der Waals surface area contributed by atoms with E-state index >= 15 is 0 Å². The standard InChI is InChI=1S/C14H14FNO3/c15-9-2-3-10-8(7-9)1-4-11(10)16-12(17)14(5-6-14)13(18)19/h2-3,7,11H,1,4-6H2,(H,16,17)(H,18,19). The molecule has 100 valence electrons. The van der Waals surface area contributed by atoms with Crippen molar-refractivity contribution in [1.82, 2.24) is 5.32 Å². The van der Waals surface area contributed by atoms with Crippen molar-refractivity contribution in [3.63, 3.8) is 0 Å². The first-order valence-electron chi connectivity index (χ1n) is 6.36. The van der Waals surface area contributed by atoms with Crippen molar-refractivity contribution in [3.05, 3.63) is 35.1 Å². The molecule has 0 aromatic heterocycles. The van der Waals surface area contributed by atoms with Gasteiger partial charge in [0.25, 0.3) is 0 Å². The summed E-state index contributed by atoms with van der Waals surface area (Å²) in [5.74, 6) is -1.75. The average Bonchev–Trinajstić information content (AvgIpc) is 3.09. The molecule has 0 aliphatic heterocycles. The maximum Gasteiger partial charge on any atom is 0.319 e. The van der Waals surface area contributed by atoms with Crippen molar-refractivity contribution >= 4 is 11.9 Å². The molecule has 1 unspecified atom stereocenters. The number of carbonyl (C=O) groups excluding carboxylic acids is 1. The first-order chi connectivity index (χ1) is 9.03. The normalized spacial score (nSPS) is 22.7. The van der Waals surface area contributed by atoms with Gasteiger partial charge in [-0.05, 0) is 48.9 Å². The van der Waals surface area contributed by atoms with Gasteiger partial charge >= 0.3 is 5.97 Å². The first kappa shape index (κ1) is 12.1. The Hall–Kier alpha value is -1.91. The molecule has 2 aliphatic carbocycles. The fourth-order valence-electron chi connectivity index (χ4n) is 2.70. The number of nitrogens with one attached hydrogen (secondary N) is 1. The Bertz CT molecular complexity index is 566. The lowest BCUT2D eigenvalue weighted by molar-refractivity contribution is -0.149. The van der Waals surface area contributed by atoms with Crippen molar-refractivity contribution in [3.8, 4) is 0 Å². The molecule has 1 aromatic carbocycles. The minimum absolute atomic E-state index is 0.195. The van der Waals surface area contributed by atoms with E-state index in [-0.39, 0.29) is 11.9 Å². The Morgan fingerprint density at radius 2 is 2.11 bits per heavy atom. The number of fused-ring (bicyclic) bond motifs is 1. The Kier molecular flexibility index (Phi) is 2.59. The summed E-state index contributed by atoms with van der Waals surface area (Å²) >= 11 is 0. The predicted molar refractivity (Wildman–Crippen MR) is 64.9 cm³/mol. The molecular formula is C14H14FNO3. The number of hydrogen-bond donors (Lipinski definition) is 2. The summed E-state index contributed by atoms with van der Waals surface area (Å²) < 4.78 is 13.1. The minimum Gasteiger partial charge on any atom is -0.480 e. The van der Waals surface area contributed by atoms with Crippen LogP contribution in [0.3, 0.4) is 0 Å². The Morgan fingerprint density at radius 1 is 1.37 bits per heavy atom. The summed E-state index contributed by atoms with van der Waals surface area (Å²) in [5.41, 5.74) is 0.574. The molecule has 2 aliphatic rings. The number of aliphatic carboxylic acids is 1. The van der Waals surface area contributed by atoms with E-state index < -0.39 is 17.3 Å².